The third kappa shape index (κ3) is 5.71. The minimum absolute atomic E-state index is 0.275. The summed E-state index contributed by atoms with van der Waals surface area (Å²) in [5.41, 5.74) is 5.04. The molecule has 0 spiro atoms. The van der Waals surface area contributed by atoms with Crippen LogP contribution in [0.3, 0.4) is 0 Å². The summed E-state index contributed by atoms with van der Waals surface area (Å²) in [5.74, 6) is 5.03. The molecule has 0 aliphatic heterocycles. The lowest BCUT2D eigenvalue weighted by Gasteiger charge is -2.00. The molecule has 0 aliphatic rings. The van der Waals surface area contributed by atoms with E-state index in [1.165, 1.54) is 0 Å². The number of nitrogens with zero attached hydrogens (tertiary/aromatic N) is 2. The highest BCUT2D eigenvalue weighted by Gasteiger charge is 1.79. The Morgan fingerprint density at radius 1 is 1.86 bits per heavy atom. The molecule has 0 aromatic rings. The smallest absolute Gasteiger partial charge is 0.188 e. The molecule has 0 fully saturated rings. The Morgan fingerprint density at radius 2 is 2.29 bits per heavy atom. The van der Waals surface area contributed by atoms with Gasteiger partial charge in [-0.25, -0.2) is 11.0 Å². The van der Waals surface area contributed by atoms with Crippen molar-refractivity contribution in [3.8, 4) is 0 Å². The highest BCUT2D eigenvalue weighted by molar-refractivity contribution is 9.18. The first-order valence-electron chi connectivity index (χ1n) is 1.61. The molecule has 0 heterocycles. The van der Waals surface area contributed by atoms with Crippen LogP contribution in [0.15, 0.2) is 5.10 Å². The van der Waals surface area contributed by atoms with E-state index >= 15 is 0 Å². The molecule has 0 bridgehead atoms. The summed E-state index contributed by atoms with van der Waals surface area (Å²) < 4.78 is 0.275. The van der Waals surface area contributed by atoms with E-state index in [2.05, 4.69) is 21.0 Å². The number of hydrazone groups is 1. The van der Waals surface area contributed by atoms with Crippen molar-refractivity contribution < 1.29 is 0 Å². The standard InChI is InChI=1S/C2H7BrN4/c1-7(5)6-2(3)4/h5H2,1H3,(H2,4,6). The van der Waals surface area contributed by atoms with Gasteiger partial charge in [0.25, 0.3) is 0 Å². The third-order valence-electron chi connectivity index (χ3n) is 0.253. The minimum Gasteiger partial charge on any atom is -0.376 e. The molecule has 0 atom stereocenters. The summed E-state index contributed by atoms with van der Waals surface area (Å²) in [6, 6.07) is 0. The molecule has 0 saturated carbocycles. The van der Waals surface area contributed by atoms with Crippen molar-refractivity contribution in [2.45, 2.75) is 0 Å². The van der Waals surface area contributed by atoms with Gasteiger partial charge in [-0.15, -0.1) is 5.10 Å². The second-order valence-electron chi connectivity index (χ2n) is 0.996. The van der Waals surface area contributed by atoms with Crippen molar-refractivity contribution in [2.75, 3.05) is 7.05 Å². The van der Waals surface area contributed by atoms with Crippen LogP contribution in [0.4, 0.5) is 0 Å². The number of rotatable bonds is 1. The van der Waals surface area contributed by atoms with Gasteiger partial charge in [-0.05, 0) is 15.9 Å². The molecule has 0 aromatic heterocycles. The lowest BCUT2D eigenvalue weighted by molar-refractivity contribution is 0.373. The van der Waals surface area contributed by atoms with Gasteiger partial charge in [0.05, 0.1) is 0 Å². The second kappa shape index (κ2) is 2.81. The Morgan fingerprint density at radius 3 is 2.29 bits per heavy atom. The Hall–Kier alpha value is -0.290. The van der Waals surface area contributed by atoms with Crippen LogP contribution in [0.5, 0.6) is 0 Å². The van der Waals surface area contributed by atoms with E-state index in [-0.39, 0.29) is 4.74 Å². The minimum atomic E-state index is 0.275. The summed E-state index contributed by atoms with van der Waals surface area (Å²) in [6.07, 6.45) is 0. The van der Waals surface area contributed by atoms with Crippen molar-refractivity contribution in [3.05, 3.63) is 0 Å². The molecule has 0 amide bonds. The van der Waals surface area contributed by atoms with E-state index in [1.54, 1.807) is 7.05 Å². The fourth-order valence-corrected chi connectivity index (χ4v) is 0.401. The molecule has 5 heteroatoms. The summed E-state index contributed by atoms with van der Waals surface area (Å²) >= 11 is 2.88. The van der Waals surface area contributed by atoms with E-state index in [1.807, 2.05) is 0 Å². The fraction of sp³-hybridized carbons (Fsp3) is 0.500. The largest absolute Gasteiger partial charge is 0.376 e. The van der Waals surface area contributed by atoms with Crippen LogP contribution in [-0.2, 0) is 0 Å². The summed E-state index contributed by atoms with van der Waals surface area (Å²) in [5, 5.41) is 4.62. The molecule has 0 saturated heterocycles. The van der Waals surface area contributed by atoms with E-state index in [0.717, 1.165) is 5.12 Å². The molecule has 0 aromatic carbocycles. The SMILES string of the molecule is CN(N)/N=C(\N)Br. The van der Waals surface area contributed by atoms with Gasteiger partial charge in [-0.3, -0.25) is 0 Å². The Bertz CT molecular complexity index is 73.8. The van der Waals surface area contributed by atoms with Crippen LogP contribution >= 0.6 is 15.9 Å². The van der Waals surface area contributed by atoms with Gasteiger partial charge in [-0.2, -0.15) is 0 Å². The summed E-state index contributed by atoms with van der Waals surface area (Å²) in [4.78, 5) is 0. The van der Waals surface area contributed by atoms with Crippen molar-refractivity contribution >= 4 is 20.7 Å². The zero-order valence-corrected chi connectivity index (χ0v) is 5.51. The molecular weight excluding hydrogens is 160 g/mol. The average Bonchev–Trinajstić information content (AvgIpc) is 1.27. The predicted molar refractivity (Wildman–Crippen MR) is 32.5 cm³/mol. The van der Waals surface area contributed by atoms with Crippen molar-refractivity contribution in [1.82, 2.24) is 5.12 Å². The van der Waals surface area contributed by atoms with E-state index in [9.17, 15) is 0 Å². The monoisotopic (exact) mass is 166 g/mol. The molecule has 0 rings (SSSR count). The van der Waals surface area contributed by atoms with Crippen LogP contribution < -0.4 is 11.6 Å². The number of hydrazine groups is 1. The zero-order chi connectivity index (χ0) is 5.86. The number of halogens is 1. The van der Waals surface area contributed by atoms with E-state index in [4.69, 9.17) is 11.6 Å². The first kappa shape index (κ1) is 6.71. The Labute approximate surface area is 50.2 Å². The molecule has 7 heavy (non-hydrogen) atoms. The average molecular weight is 167 g/mol. The van der Waals surface area contributed by atoms with Crippen LogP contribution in [0.2, 0.25) is 0 Å². The Balaban J connectivity index is 3.45. The van der Waals surface area contributed by atoms with Crippen molar-refractivity contribution in [2.24, 2.45) is 16.7 Å². The van der Waals surface area contributed by atoms with E-state index < -0.39 is 0 Å². The maximum absolute atomic E-state index is 5.04. The highest BCUT2D eigenvalue weighted by atomic mass is 79.9. The quantitative estimate of drug-likeness (QED) is 0.180. The van der Waals surface area contributed by atoms with Crippen LogP contribution in [0, 0.1) is 0 Å². The van der Waals surface area contributed by atoms with Crippen molar-refractivity contribution in [3.63, 3.8) is 0 Å². The topological polar surface area (TPSA) is 67.6 Å². The van der Waals surface area contributed by atoms with Crippen LogP contribution in [0.25, 0.3) is 0 Å². The number of hydrogen-bond donors (Lipinski definition) is 2. The highest BCUT2D eigenvalue weighted by Crippen LogP contribution is 1.78. The number of amidine groups is 1. The normalized spacial score (nSPS) is 11.6. The molecule has 0 radical (unpaired) electrons. The van der Waals surface area contributed by atoms with Gasteiger partial charge >= 0.3 is 0 Å². The molecule has 4 nitrogen and oxygen atoms in total. The predicted octanol–water partition coefficient (Wildman–Crippen LogP) is -0.583. The summed E-state index contributed by atoms with van der Waals surface area (Å²) in [7, 11) is 1.58. The molecule has 0 unspecified atom stereocenters. The Kier molecular flexibility index (Phi) is 2.70. The molecule has 0 aliphatic carbocycles. The maximum atomic E-state index is 5.04. The van der Waals surface area contributed by atoms with Gasteiger partial charge in [-0.1, -0.05) is 0 Å². The summed E-state index contributed by atoms with van der Waals surface area (Å²) in [6.45, 7) is 0. The van der Waals surface area contributed by atoms with Gasteiger partial charge in [0, 0.05) is 7.05 Å². The van der Waals surface area contributed by atoms with Gasteiger partial charge in [0.15, 0.2) is 4.74 Å². The first-order chi connectivity index (χ1) is 3.13. The lowest BCUT2D eigenvalue weighted by atomic mass is 11.3. The maximum Gasteiger partial charge on any atom is 0.188 e. The molecule has 4 N–H and O–H groups in total. The molecule has 42 valence electrons. The zero-order valence-electron chi connectivity index (χ0n) is 3.93. The van der Waals surface area contributed by atoms with Gasteiger partial charge in [0.2, 0.25) is 0 Å². The van der Waals surface area contributed by atoms with Crippen molar-refractivity contribution in [1.29, 1.82) is 0 Å². The van der Waals surface area contributed by atoms with Crippen LogP contribution in [-0.4, -0.2) is 16.9 Å². The van der Waals surface area contributed by atoms with Gasteiger partial charge in [0.1, 0.15) is 0 Å². The first-order valence-corrected chi connectivity index (χ1v) is 2.40. The van der Waals surface area contributed by atoms with Gasteiger partial charge < -0.3 is 5.73 Å². The number of hydrogen-bond acceptors (Lipinski definition) is 3. The third-order valence-corrected chi connectivity index (χ3v) is 0.412. The van der Waals surface area contributed by atoms with Crippen LogP contribution in [0.1, 0.15) is 0 Å². The van der Waals surface area contributed by atoms with E-state index in [0.29, 0.717) is 0 Å². The lowest BCUT2D eigenvalue weighted by Crippen LogP contribution is -2.22. The second-order valence-corrected chi connectivity index (χ2v) is 1.81. The number of nitrogens with two attached hydrogens (primary N) is 2. The molecular formula is C2H7BrN4. The fourth-order valence-electron chi connectivity index (χ4n) is 0.151.